The van der Waals surface area contributed by atoms with Gasteiger partial charge < -0.3 is 20.2 Å². The first-order valence-corrected chi connectivity index (χ1v) is 17.7. The summed E-state index contributed by atoms with van der Waals surface area (Å²) in [6.07, 6.45) is 8.23. The molecule has 2 amide bonds. The number of aromatic nitrogens is 1. The van der Waals surface area contributed by atoms with Crippen molar-refractivity contribution in [2.75, 3.05) is 32.7 Å². The molecule has 2 saturated heterocycles. The van der Waals surface area contributed by atoms with Crippen LogP contribution in [0.4, 0.5) is 4.39 Å². The van der Waals surface area contributed by atoms with Crippen molar-refractivity contribution in [1.82, 2.24) is 20.1 Å². The molecule has 9 heteroatoms. The number of nitrogens with one attached hydrogen (secondary N) is 1. The molecule has 1 aromatic heterocycles. The molecular formula is C40H44ClFN4O3. The summed E-state index contributed by atoms with van der Waals surface area (Å²) in [4.78, 5) is 35.6. The second-order valence-corrected chi connectivity index (χ2v) is 13.8. The third kappa shape index (κ3) is 8.04. The Bertz CT molecular complexity index is 1680. The van der Waals surface area contributed by atoms with Gasteiger partial charge in [0.05, 0.1) is 11.2 Å². The first-order valence-electron chi connectivity index (χ1n) is 17.3. The summed E-state index contributed by atoms with van der Waals surface area (Å²) in [6.45, 7) is 3.14. The zero-order valence-electron chi connectivity index (χ0n) is 27.7. The van der Waals surface area contributed by atoms with Crippen LogP contribution in [0.2, 0.25) is 5.02 Å². The van der Waals surface area contributed by atoms with E-state index in [1.54, 1.807) is 29.4 Å². The van der Waals surface area contributed by atoms with Crippen molar-refractivity contribution in [2.24, 2.45) is 0 Å². The number of piperidine rings is 2. The summed E-state index contributed by atoms with van der Waals surface area (Å²) in [7, 11) is 0. The van der Waals surface area contributed by atoms with Crippen LogP contribution in [0.15, 0.2) is 103 Å². The van der Waals surface area contributed by atoms with Gasteiger partial charge in [0, 0.05) is 49.0 Å². The largest absolute Gasteiger partial charge is 0.385 e. The molecule has 0 spiro atoms. The molecule has 2 unspecified atom stereocenters. The minimum absolute atomic E-state index is 0.183. The van der Waals surface area contributed by atoms with Crippen molar-refractivity contribution in [3.05, 3.63) is 136 Å². The molecule has 6 rings (SSSR count). The fourth-order valence-corrected chi connectivity index (χ4v) is 7.66. The van der Waals surface area contributed by atoms with Gasteiger partial charge in [-0.05, 0) is 105 Å². The minimum atomic E-state index is -0.876. The highest BCUT2D eigenvalue weighted by Crippen LogP contribution is 2.38. The highest BCUT2D eigenvalue weighted by molar-refractivity contribution is 6.30. The number of carbonyl (C=O) groups excluding carboxylic acids is 2. The lowest BCUT2D eigenvalue weighted by Gasteiger charge is -2.40. The number of benzene rings is 3. The molecule has 2 fully saturated rings. The Morgan fingerprint density at radius 3 is 2.33 bits per heavy atom. The molecule has 0 saturated carbocycles. The smallest absolute Gasteiger partial charge is 0.256 e. The van der Waals surface area contributed by atoms with Gasteiger partial charge in [0.25, 0.3) is 5.91 Å². The summed E-state index contributed by atoms with van der Waals surface area (Å²) in [5.74, 6) is -0.690. The van der Waals surface area contributed by atoms with Crippen LogP contribution in [0.1, 0.15) is 72.0 Å². The van der Waals surface area contributed by atoms with Crippen molar-refractivity contribution < 1.29 is 19.1 Å². The molecule has 2 atom stereocenters. The van der Waals surface area contributed by atoms with Gasteiger partial charge in [-0.2, -0.15) is 0 Å². The maximum absolute atomic E-state index is 14.2. The number of amides is 2. The van der Waals surface area contributed by atoms with E-state index in [1.807, 2.05) is 54.6 Å². The van der Waals surface area contributed by atoms with E-state index >= 15 is 0 Å². The number of halogens is 2. The van der Waals surface area contributed by atoms with Gasteiger partial charge in [-0.1, -0.05) is 66.2 Å². The van der Waals surface area contributed by atoms with Crippen LogP contribution in [0.25, 0.3) is 0 Å². The number of hydrogen-bond acceptors (Lipinski definition) is 5. The Morgan fingerprint density at radius 2 is 1.63 bits per heavy atom. The van der Waals surface area contributed by atoms with Crippen molar-refractivity contribution in [2.45, 2.75) is 62.0 Å². The average molecular weight is 683 g/mol. The van der Waals surface area contributed by atoms with Gasteiger partial charge in [-0.15, -0.1) is 0 Å². The molecule has 3 heterocycles. The fourth-order valence-electron chi connectivity index (χ4n) is 7.53. The van der Waals surface area contributed by atoms with E-state index in [1.165, 1.54) is 12.1 Å². The number of nitrogens with zero attached hydrogens (tertiary/aromatic N) is 3. The second kappa shape index (κ2) is 15.6. The van der Waals surface area contributed by atoms with Crippen LogP contribution in [0, 0.1) is 5.82 Å². The molecule has 4 aromatic rings. The highest BCUT2D eigenvalue weighted by Gasteiger charge is 2.39. The molecule has 3 aromatic carbocycles. The first kappa shape index (κ1) is 34.7. The van der Waals surface area contributed by atoms with E-state index in [2.05, 4.69) is 27.3 Å². The molecule has 256 valence electrons. The predicted octanol–water partition coefficient (Wildman–Crippen LogP) is 6.74. The second-order valence-electron chi connectivity index (χ2n) is 13.4. The minimum Gasteiger partial charge on any atom is -0.385 e. The van der Waals surface area contributed by atoms with Crippen molar-refractivity contribution in [1.29, 1.82) is 0 Å². The fraction of sp³-hybridized carbons (Fsp3) is 0.375. The zero-order valence-corrected chi connectivity index (χ0v) is 28.5. The van der Waals surface area contributed by atoms with Crippen LogP contribution in [-0.4, -0.2) is 70.5 Å². The van der Waals surface area contributed by atoms with Crippen LogP contribution in [0.5, 0.6) is 0 Å². The summed E-state index contributed by atoms with van der Waals surface area (Å²) >= 11 is 6.08. The van der Waals surface area contributed by atoms with E-state index in [0.29, 0.717) is 49.4 Å². The lowest BCUT2D eigenvalue weighted by atomic mass is 9.71. The Labute approximate surface area is 293 Å². The van der Waals surface area contributed by atoms with Crippen LogP contribution in [-0.2, 0) is 15.8 Å². The van der Waals surface area contributed by atoms with Gasteiger partial charge in [0.15, 0.2) is 0 Å². The number of likely N-dealkylation sites (tertiary alicyclic amines) is 2. The van der Waals surface area contributed by atoms with Gasteiger partial charge in [0.1, 0.15) is 11.9 Å². The molecule has 0 bridgehead atoms. The lowest BCUT2D eigenvalue weighted by molar-refractivity contribution is -0.126. The molecule has 2 aliphatic heterocycles. The summed E-state index contributed by atoms with van der Waals surface area (Å²) < 4.78 is 14.2. The van der Waals surface area contributed by atoms with E-state index in [4.69, 9.17) is 11.6 Å². The Morgan fingerprint density at radius 1 is 0.918 bits per heavy atom. The lowest BCUT2D eigenvalue weighted by Crippen LogP contribution is -2.54. The third-order valence-electron chi connectivity index (χ3n) is 10.4. The Balaban J connectivity index is 1.20. The number of carbonyl (C=O) groups is 2. The number of pyridine rings is 1. The van der Waals surface area contributed by atoms with Crippen LogP contribution in [0.3, 0.4) is 0 Å². The summed E-state index contributed by atoms with van der Waals surface area (Å²) in [6, 6.07) is 27.0. The SMILES string of the molecule is O=C(NCC(CCCN1CCC(O)(c2ccc(Cl)cc2)CC1)(c1ccccc1)c1ccc(F)cc1)C1CCCCN1C(=O)c1cccnc1. The van der Waals surface area contributed by atoms with E-state index in [9.17, 15) is 19.1 Å². The summed E-state index contributed by atoms with van der Waals surface area (Å²) in [5, 5.41) is 15.3. The molecule has 2 N–H and O–H groups in total. The molecule has 2 aliphatic rings. The normalized spacial score (nSPS) is 19.2. The quantitative estimate of drug-likeness (QED) is 0.183. The molecule has 0 radical (unpaired) electrons. The monoisotopic (exact) mass is 682 g/mol. The standard InChI is InChI=1S/C40H44ClFN4O3/c41-34-16-12-33(13-17-34)40(49)21-26-45(27-22-40)24-7-20-39(31-9-2-1-3-10-31,32-14-18-35(42)19-15-32)29-44-37(47)36-11-4-5-25-46(36)38(48)30-8-6-23-43-28-30/h1-3,6,8-10,12-19,23,28,36,49H,4-5,7,11,20-22,24-27,29H2,(H,44,47). The van der Waals surface area contributed by atoms with Crippen LogP contribution >= 0.6 is 11.6 Å². The van der Waals surface area contributed by atoms with Gasteiger partial charge in [-0.25, -0.2) is 4.39 Å². The van der Waals surface area contributed by atoms with Gasteiger partial charge >= 0.3 is 0 Å². The first-order chi connectivity index (χ1) is 23.8. The van der Waals surface area contributed by atoms with Crippen molar-refractivity contribution in [3.8, 4) is 0 Å². The maximum Gasteiger partial charge on any atom is 0.256 e. The van der Waals surface area contributed by atoms with E-state index in [-0.39, 0.29) is 17.6 Å². The highest BCUT2D eigenvalue weighted by atomic mass is 35.5. The number of hydrogen-bond donors (Lipinski definition) is 2. The summed E-state index contributed by atoms with van der Waals surface area (Å²) in [5.41, 5.74) is 1.80. The zero-order chi connectivity index (χ0) is 34.3. The van der Waals surface area contributed by atoms with Crippen molar-refractivity contribution >= 4 is 23.4 Å². The van der Waals surface area contributed by atoms with Gasteiger partial charge in [-0.3, -0.25) is 14.6 Å². The average Bonchev–Trinajstić information content (AvgIpc) is 3.15. The predicted molar refractivity (Wildman–Crippen MR) is 190 cm³/mol. The Hall–Kier alpha value is -4.11. The molecular weight excluding hydrogens is 639 g/mol. The molecule has 0 aliphatic carbocycles. The van der Waals surface area contributed by atoms with Crippen LogP contribution < -0.4 is 5.32 Å². The maximum atomic E-state index is 14.2. The Kier molecular flexibility index (Phi) is 11.1. The van der Waals surface area contributed by atoms with E-state index in [0.717, 1.165) is 55.6 Å². The number of aliphatic hydroxyl groups is 1. The molecule has 7 nitrogen and oxygen atoms in total. The third-order valence-corrected chi connectivity index (χ3v) is 10.7. The number of rotatable bonds is 11. The molecule has 49 heavy (non-hydrogen) atoms. The van der Waals surface area contributed by atoms with E-state index < -0.39 is 17.1 Å². The van der Waals surface area contributed by atoms with Gasteiger partial charge in [0.2, 0.25) is 5.91 Å². The van der Waals surface area contributed by atoms with Crippen molar-refractivity contribution in [3.63, 3.8) is 0 Å². The topological polar surface area (TPSA) is 85.8 Å².